The van der Waals surface area contributed by atoms with Crippen molar-refractivity contribution in [2.24, 2.45) is 11.8 Å². The van der Waals surface area contributed by atoms with Crippen molar-refractivity contribution < 1.29 is 0 Å². The average Bonchev–Trinajstić information content (AvgIpc) is 2.90. The van der Waals surface area contributed by atoms with Gasteiger partial charge in [0.25, 0.3) is 0 Å². The molecule has 4 heteroatoms. The van der Waals surface area contributed by atoms with Crippen molar-refractivity contribution in [1.82, 2.24) is 15.2 Å². The van der Waals surface area contributed by atoms with Crippen LogP contribution in [-0.4, -0.2) is 9.78 Å². The Morgan fingerprint density at radius 3 is 2.63 bits per heavy atom. The van der Waals surface area contributed by atoms with Crippen LogP contribution in [-0.2, 0) is 0 Å². The molecular weight excluding hydrogens is 236 g/mol. The van der Waals surface area contributed by atoms with E-state index in [1.807, 2.05) is 35.1 Å². The lowest BCUT2D eigenvalue weighted by atomic mass is 9.95. The van der Waals surface area contributed by atoms with E-state index in [4.69, 9.17) is 5.84 Å². The van der Waals surface area contributed by atoms with Gasteiger partial charge in [-0.15, -0.1) is 0 Å². The number of nitrogens with zero attached hydrogens (tertiary/aromatic N) is 2. The van der Waals surface area contributed by atoms with Crippen molar-refractivity contribution in [2.75, 3.05) is 0 Å². The monoisotopic (exact) mass is 258 g/mol. The van der Waals surface area contributed by atoms with E-state index in [1.165, 1.54) is 0 Å². The maximum atomic E-state index is 5.75. The molecule has 0 aliphatic heterocycles. The zero-order valence-corrected chi connectivity index (χ0v) is 11.6. The molecule has 0 amide bonds. The highest BCUT2D eigenvalue weighted by Crippen LogP contribution is 2.26. The molecule has 0 saturated heterocycles. The van der Waals surface area contributed by atoms with Crippen LogP contribution >= 0.6 is 0 Å². The van der Waals surface area contributed by atoms with Gasteiger partial charge in [0.2, 0.25) is 0 Å². The molecular formula is C15H22N4. The van der Waals surface area contributed by atoms with E-state index in [1.54, 1.807) is 0 Å². The van der Waals surface area contributed by atoms with E-state index in [-0.39, 0.29) is 6.04 Å². The highest BCUT2D eigenvalue weighted by Gasteiger charge is 2.21. The minimum atomic E-state index is 0.114. The van der Waals surface area contributed by atoms with Gasteiger partial charge in [0.15, 0.2) is 0 Å². The number of aromatic nitrogens is 2. The van der Waals surface area contributed by atoms with Gasteiger partial charge >= 0.3 is 0 Å². The van der Waals surface area contributed by atoms with Gasteiger partial charge in [-0.25, -0.2) is 4.68 Å². The van der Waals surface area contributed by atoms with Crippen LogP contribution in [0.2, 0.25) is 0 Å². The Morgan fingerprint density at radius 1 is 1.26 bits per heavy atom. The molecule has 2 aromatic rings. The van der Waals surface area contributed by atoms with Crippen LogP contribution in [0.4, 0.5) is 0 Å². The predicted molar refractivity (Wildman–Crippen MR) is 77.7 cm³/mol. The van der Waals surface area contributed by atoms with Gasteiger partial charge < -0.3 is 0 Å². The molecule has 1 aromatic carbocycles. The fraction of sp³-hybridized carbons (Fsp3) is 0.400. The first kappa shape index (κ1) is 13.8. The summed E-state index contributed by atoms with van der Waals surface area (Å²) in [6, 6.07) is 12.3. The van der Waals surface area contributed by atoms with Gasteiger partial charge in [0, 0.05) is 6.20 Å². The van der Waals surface area contributed by atoms with Gasteiger partial charge in [-0.05, 0) is 30.5 Å². The fourth-order valence-corrected chi connectivity index (χ4v) is 2.50. The highest BCUT2D eigenvalue weighted by molar-refractivity contribution is 5.33. The Kier molecular flexibility index (Phi) is 4.71. The highest BCUT2D eigenvalue weighted by atomic mass is 15.3. The van der Waals surface area contributed by atoms with E-state index in [0.29, 0.717) is 5.92 Å². The lowest BCUT2D eigenvalue weighted by molar-refractivity contribution is 0.356. The van der Waals surface area contributed by atoms with E-state index in [9.17, 15) is 0 Å². The number of nitrogens with one attached hydrogen (secondary N) is 1. The zero-order valence-electron chi connectivity index (χ0n) is 11.6. The van der Waals surface area contributed by atoms with E-state index >= 15 is 0 Å². The van der Waals surface area contributed by atoms with Crippen LogP contribution in [0, 0.1) is 5.92 Å². The summed E-state index contributed by atoms with van der Waals surface area (Å²) in [5.41, 5.74) is 5.11. The summed E-state index contributed by atoms with van der Waals surface area (Å²) in [4.78, 5) is 0. The zero-order chi connectivity index (χ0) is 13.7. The fourth-order valence-electron chi connectivity index (χ4n) is 2.50. The Labute approximate surface area is 114 Å². The molecule has 1 aromatic heterocycles. The number of nitrogens with two attached hydrogens (primary N) is 1. The van der Waals surface area contributed by atoms with Gasteiger partial charge in [0.05, 0.1) is 17.4 Å². The molecule has 0 radical (unpaired) electrons. The molecule has 1 heterocycles. The number of benzene rings is 1. The third kappa shape index (κ3) is 3.03. The summed E-state index contributed by atoms with van der Waals surface area (Å²) in [7, 11) is 0. The molecule has 2 unspecified atom stereocenters. The summed E-state index contributed by atoms with van der Waals surface area (Å²) < 4.78 is 1.96. The first-order valence-corrected chi connectivity index (χ1v) is 6.83. The summed E-state index contributed by atoms with van der Waals surface area (Å²) in [5, 5.41) is 4.42. The second-order valence-electron chi connectivity index (χ2n) is 4.91. The number of rotatable bonds is 6. The molecule has 0 fully saturated rings. The molecule has 102 valence electrons. The third-order valence-corrected chi connectivity index (χ3v) is 3.48. The topological polar surface area (TPSA) is 55.9 Å². The Balaban J connectivity index is 2.32. The van der Waals surface area contributed by atoms with Gasteiger partial charge in [-0.1, -0.05) is 38.5 Å². The first-order valence-electron chi connectivity index (χ1n) is 6.83. The van der Waals surface area contributed by atoms with Crippen molar-refractivity contribution in [3.63, 3.8) is 0 Å². The number of hydrazine groups is 1. The Bertz CT molecular complexity index is 492. The summed E-state index contributed by atoms with van der Waals surface area (Å²) in [6.45, 7) is 4.41. The minimum Gasteiger partial charge on any atom is -0.271 e. The Hall–Kier alpha value is -1.65. The molecule has 0 aliphatic carbocycles. The van der Waals surface area contributed by atoms with E-state index in [2.05, 4.69) is 36.5 Å². The van der Waals surface area contributed by atoms with Crippen LogP contribution in [0.1, 0.15) is 38.4 Å². The van der Waals surface area contributed by atoms with Gasteiger partial charge in [-0.3, -0.25) is 11.3 Å². The SMILES string of the molecule is CCCC(C)C(NN)c1ccnn1-c1ccccc1. The molecule has 3 N–H and O–H groups in total. The van der Waals surface area contributed by atoms with Gasteiger partial charge in [-0.2, -0.15) is 5.10 Å². The van der Waals surface area contributed by atoms with E-state index in [0.717, 1.165) is 24.2 Å². The summed E-state index contributed by atoms with van der Waals surface area (Å²) in [6.07, 6.45) is 4.11. The maximum absolute atomic E-state index is 5.75. The van der Waals surface area contributed by atoms with Crippen molar-refractivity contribution >= 4 is 0 Å². The number of para-hydroxylation sites is 1. The van der Waals surface area contributed by atoms with Crippen molar-refractivity contribution in [3.05, 3.63) is 48.3 Å². The number of hydrogen-bond acceptors (Lipinski definition) is 3. The van der Waals surface area contributed by atoms with Crippen LogP contribution in [0.25, 0.3) is 5.69 Å². The molecule has 19 heavy (non-hydrogen) atoms. The number of hydrogen-bond donors (Lipinski definition) is 2. The first-order chi connectivity index (χ1) is 9.27. The quantitative estimate of drug-likeness (QED) is 0.619. The van der Waals surface area contributed by atoms with Crippen LogP contribution in [0.3, 0.4) is 0 Å². The van der Waals surface area contributed by atoms with Crippen LogP contribution in [0.5, 0.6) is 0 Å². The smallest absolute Gasteiger partial charge is 0.0659 e. The lowest BCUT2D eigenvalue weighted by Gasteiger charge is -2.23. The molecule has 0 saturated carbocycles. The normalized spacial score (nSPS) is 14.3. The minimum absolute atomic E-state index is 0.114. The van der Waals surface area contributed by atoms with E-state index < -0.39 is 0 Å². The van der Waals surface area contributed by atoms with Crippen molar-refractivity contribution in [3.8, 4) is 5.69 Å². The largest absolute Gasteiger partial charge is 0.271 e. The Morgan fingerprint density at radius 2 is 2.00 bits per heavy atom. The maximum Gasteiger partial charge on any atom is 0.0659 e. The predicted octanol–water partition coefficient (Wildman–Crippen LogP) is 2.81. The second-order valence-corrected chi connectivity index (χ2v) is 4.91. The molecule has 2 rings (SSSR count). The standard InChI is InChI=1S/C15H22N4/c1-3-7-12(2)15(18-16)14-10-11-17-19(14)13-8-5-4-6-9-13/h4-6,8-12,15,18H,3,7,16H2,1-2H3. The summed E-state index contributed by atoms with van der Waals surface area (Å²) in [5.74, 6) is 6.22. The van der Waals surface area contributed by atoms with Gasteiger partial charge in [0.1, 0.15) is 0 Å². The molecule has 4 nitrogen and oxygen atoms in total. The second kappa shape index (κ2) is 6.50. The summed E-state index contributed by atoms with van der Waals surface area (Å²) >= 11 is 0. The third-order valence-electron chi connectivity index (χ3n) is 3.48. The van der Waals surface area contributed by atoms with Crippen LogP contribution in [0.15, 0.2) is 42.6 Å². The van der Waals surface area contributed by atoms with Crippen LogP contribution < -0.4 is 11.3 Å². The average molecular weight is 258 g/mol. The molecule has 0 spiro atoms. The van der Waals surface area contributed by atoms with Crippen molar-refractivity contribution in [1.29, 1.82) is 0 Å². The molecule has 2 atom stereocenters. The molecule has 0 bridgehead atoms. The van der Waals surface area contributed by atoms with Crippen molar-refractivity contribution in [2.45, 2.75) is 32.7 Å². The lowest BCUT2D eigenvalue weighted by Crippen LogP contribution is -2.34. The molecule has 0 aliphatic rings.